The first-order chi connectivity index (χ1) is 20.0. The fourth-order valence-electron chi connectivity index (χ4n) is 4.84. The summed E-state index contributed by atoms with van der Waals surface area (Å²) in [6, 6.07) is 40.1. The number of nitrogens with zero attached hydrogens (tertiary/aromatic N) is 2. The summed E-state index contributed by atoms with van der Waals surface area (Å²) in [5.74, 6) is 0.441. The number of amides is 1. The van der Waals surface area contributed by atoms with E-state index in [2.05, 4.69) is 5.32 Å². The average Bonchev–Trinajstić information content (AvgIpc) is 3.01. The van der Waals surface area contributed by atoms with Gasteiger partial charge in [0.25, 0.3) is 11.5 Å². The molecule has 0 aliphatic carbocycles. The Balaban J connectivity index is 1.36. The normalized spacial score (nSPS) is 11.0. The van der Waals surface area contributed by atoms with Crippen LogP contribution in [0.1, 0.15) is 27.3 Å². The smallest absolute Gasteiger partial charge is 0.261 e. The first-order valence-electron chi connectivity index (χ1n) is 13.3. The zero-order valence-electron chi connectivity index (χ0n) is 22.1. The fraction of sp³-hybridized carbons (Fsp3) is 0.0571. The van der Waals surface area contributed by atoms with Gasteiger partial charge in [0.15, 0.2) is 0 Å². The Labute approximate surface area is 242 Å². The van der Waals surface area contributed by atoms with Crippen molar-refractivity contribution in [3.63, 3.8) is 0 Å². The van der Waals surface area contributed by atoms with E-state index in [1.165, 1.54) is 0 Å². The molecule has 6 rings (SSSR count). The standard InChI is InChI=1S/C35H26ClN3O2/c36-29-17-15-27(16-18-29)26-13-11-25(12-14-26)23-39-33(21-24-7-3-1-4-8-24)38-32-20-19-30(22-31(32)35(39)41)37-34(40)28-9-5-2-6-10-28/h1-20,22H,21,23H2,(H,37,40). The Hall–Kier alpha value is -5.00. The van der Waals surface area contributed by atoms with Crippen molar-refractivity contribution < 1.29 is 4.79 Å². The number of benzene rings is 5. The molecule has 1 amide bonds. The van der Waals surface area contributed by atoms with Gasteiger partial charge in [-0.15, -0.1) is 0 Å². The maximum absolute atomic E-state index is 14.0. The van der Waals surface area contributed by atoms with E-state index in [4.69, 9.17) is 16.6 Å². The molecule has 0 radical (unpaired) electrons. The maximum atomic E-state index is 14.0. The van der Waals surface area contributed by atoms with Crippen molar-refractivity contribution in [1.82, 2.24) is 9.55 Å². The lowest BCUT2D eigenvalue weighted by molar-refractivity contribution is 0.102. The van der Waals surface area contributed by atoms with Gasteiger partial charge < -0.3 is 5.32 Å². The third-order valence-corrected chi connectivity index (χ3v) is 7.26. The summed E-state index contributed by atoms with van der Waals surface area (Å²) < 4.78 is 1.73. The van der Waals surface area contributed by atoms with Crippen molar-refractivity contribution in [3.8, 4) is 11.1 Å². The van der Waals surface area contributed by atoms with Crippen LogP contribution in [0.5, 0.6) is 0 Å². The first kappa shape index (κ1) is 26.2. The van der Waals surface area contributed by atoms with Gasteiger partial charge in [-0.2, -0.15) is 0 Å². The molecule has 0 saturated heterocycles. The summed E-state index contributed by atoms with van der Waals surface area (Å²) in [6.45, 7) is 0.367. The van der Waals surface area contributed by atoms with Crippen LogP contribution in [0.25, 0.3) is 22.0 Å². The summed E-state index contributed by atoms with van der Waals surface area (Å²) in [7, 11) is 0. The minimum atomic E-state index is -0.236. The first-order valence-corrected chi connectivity index (χ1v) is 13.7. The summed E-state index contributed by atoms with van der Waals surface area (Å²) in [4.78, 5) is 31.6. The molecule has 200 valence electrons. The second-order valence-electron chi connectivity index (χ2n) is 9.84. The lowest BCUT2D eigenvalue weighted by Gasteiger charge is -2.15. The van der Waals surface area contributed by atoms with Gasteiger partial charge in [-0.1, -0.05) is 96.5 Å². The van der Waals surface area contributed by atoms with E-state index in [1.807, 2.05) is 97.1 Å². The van der Waals surface area contributed by atoms with Crippen LogP contribution in [0.2, 0.25) is 5.02 Å². The number of fused-ring (bicyclic) bond motifs is 1. The number of nitrogens with one attached hydrogen (secondary N) is 1. The Kier molecular flexibility index (Phi) is 7.44. The number of carbonyl (C=O) groups is 1. The van der Waals surface area contributed by atoms with Crippen molar-refractivity contribution in [2.75, 3.05) is 5.32 Å². The Bertz CT molecular complexity index is 1880. The topological polar surface area (TPSA) is 64.0 Å². The van der Waals surface area contributed by atoms with Gasteiger partial charge in [-0.05, 0) is 64.7 Å². The van der Waals surface area contributed by atoms with Crippen molar-refractivity contribution in [3.05, 3.63) is 165 Å². The van der Waals surface area contributed by atoms with Gasteiger partial charge in [0.2, 0.25) is 0 Å². The molecule has 6 aromatic rings. The van der Waals surface area contributed by atoms with Crippen LogP contribution in [0.3, 0.4) is 0 Å². The van der Waals surface area contributed by atoms with Crippen LogP contribution in [-0.2, 0) is 13.0 Å². The molecule has 0 saturated carbocycles. The molecule has 0 aliphatic heterocycles. The predicted molar refractivity (Wildman–Crippen MR) is 166 cm³/mol. The molecule has 0 fully saturated rings. The number of carbonyl (C=O) groups excluding carboxylic acids is 1. The monoisotopic (exact) mass is 555 g/mol. The lowest BCUT2D eigenvalue weighted by Crippen LogP contribution is -2.26. The number of hydrogen-bond donors (Lipinski definition) is 1. The number of anilines is 1. The van der Waals surface area contributed by atoms with E-state index in [9.17, 15) is 9.59 Å². The minimum Gasteiger partial charge on any atom is -0.322 e. The Morgan fingerprint density at radius 1 is 0.732 bits per heavy atom. The van der Waals surface area contributed by atoms with Crippen molar-refractivity contribution >= 4 is 34.1 Å². The van der Waals surface area contributed by atoms with E-state index in [-0.39, 0.29) is 11.5 Å². The summed E-state index contributed by atoms with van der Waals surface area (Å²) in [5, 5.41) is 4.05. The second-order valence-corrected chi connectivity index (χ2v) is 10.3. The highest BCUT2D eigenvalue weighted by Gasteiger charge is 2.14. The van der Waals surface area contributed by atoms with Crippen LogP contribution < -0.4 is 10.9 Å². The van der Waals surface area contributed by atoms with E-state index in [0.29, 0.717) is 46.0 Å². The van der Waals surface area contributed by atoms with E-state index < -0.39 is 0 Å². The maximum Gasteiger partial charge on any atom is 0.261 e. The number of aromatic nitrogens is 2. The third kappa shape index (κ3) is 5.96. The second kappa shape index (κ2) is 11.6. The predicted octanol–water partition coefficient (Wildman–Crippen LogP) is 7.61. The largest absolute Gasteiger partial charge is 0.322 e. The Morgan fingerprint density at radius 2 is 1.37 bits per heavy atom. The van der Waals surface area contributed by atoms with Crippen LogP contribution >= 0.6 is 11.6 Å². The van der Waals surface area contributed by atoms with Crippen LogP contribution in [0, 0.1) is 0 Å². The quantitative estimate of drug-likeness (QED) is 0.220. The Morgan fingerprint density at radius 3 is 2.05 bits per heavy atom. The van der Waals surface area contributed by atoms with Crippen molar-refractivity contribution in [2.24, 2.45) is 0 Å². The molecule has 5 aromatic carbocycles. The fourth-order valence-corrected chi connectivity index (χ4v) is 4.97. The van der Waals surface area contributed by atoms with E-state index in [1.54, 1.807) is 34.9 Å². The van der Waals surface area contributed by atoms with Gasteiger partial charge in [0, 0.05) is 22.7 Å². The molecule has 5 nitrogen and oxygen atoms in total. The van der Waals surface area contributed by atoms with Crippen molar-refractivity contribution in [2.45, 2.75) is 13.0 Å². The van der Waals surface area contributed by atoms with Gasteiger partial charge in [-0.25, -0.2) is 4.98 Å². The summed E-state index contributed by atoms with van der Waals surface area (Å²) in [5.41, 5.74) is 5.71. The molecule has 6 heteroatoms. The zero-order chi connectivity index (χ0) is 28.2. The van der Waals surface area contributed by atoms with E-state index in [0.717, 1.165) is 22.3 Å². The molecular weight excluding hydrogens is 530 g/mol. The van der Waals surface area contributed by atoms with Gasteiger partial charge >= 0.3 is 0 Å². The number of rotatable bonds is 7. The SMILES string of the molecule is O=C(Nc1ccc2nc(Cc3ccccc3)n(Cc3ccc(-c4ccc(Cl)cc4)cc3)c(=O)c2c1)c1ccccc1. The molecular formula is C35H26ClN3O2. The van der Waals surface area contributed by atoms with Gasteiger partial charge in [0.05, 0.1) is 17.4 Å². The molecule has 1 heterocycles. The average molecular weight is 556 g/mol. The lowest BCUT2D eigenvalue weighted by atomic mass is 10.0. The molecule has 0 unspecified atom stereocenters. The molecule has 1 aromatic heterocycles. The number of hydrogen-bond acceptors (Lipinski definition) is 3. The molecule has 1 N–H and O–H groups in total. The minimum absolute atomic E-state index is 0.154. The third-order valence-electron chi connectivity index (χ3n) is 7.00. The molecule has 0 spiro atoms. The van der Waals surface area contributed by atoms with Crippen molar-refractivity contribution in [1.29, 1.82) is 0 Å². The number of halogens is 1. The van der Waals surface area contributed by atoms with E-state index >= 15 is 0 Å². The highest BCUT2D eigenvalue weighted by Crippen LogP contribution is 2.23. The van der Waals surface area contributed by atoms with Gasteiger partial charge in [0.1, 0.15) is 5.82 Å². The zero-order valence-corrected chi connectivity index (χ0v) is 22.9. The van der Waals surface area contributed by atoms with Crippen LogP contribution in [0.15, 0.2) is 132 Å². The molecule has 0 atom stereocenters. The molecule has 0 bridgehead atoms. The summed E-state index contributed by atoms with van der Waals surface area (Å²) in [6.07, 6.45) is 0.515. The van der Waals surface area contributed by atoms with Gasteiger partial charge in [-0.3, -0.25) is 14.2 Å². The summed E-state index contributed by atoms with van der Waals surface area (Å²) >= 11 is 6.05. The highest BCUT2D eigenvalue weighted by atomic mass is 35.5. The molecule has 0 aliphatic rings. The highest BCUT2D eigenvalue weighted by molar-refractivity contribution is 6.30. The van der Waals surface area contributed by atoms with Crippen LogP contribution in [-0.4, -0.2) is 15.5 Å². The molecule has 41 heavy (non-hydrogen) atoms. The van der Waals surface area contributed by atoms with Crippen LogP contribution in [0.4, 0.5) is 5.69 Å².